The maximum Gasteiger partial charge on any atom is 0.414 e. The standard InChI is InChI=1S/C21H29N5O2.C2H2O4/c1-17(27)24-19-8-6-18(7-9-19)5-3-4-10-25-11-13-26(14-12-25)21-20(28-2)15-22-16-23-21;3-1(4)2(5)6/h6-9,15-16H,3-5,10-14H2,1-2H3,(H,24,27);(H,3,4)(H,5,6). The summed E-state index contributed by atoms with van der Waals surface area (Å²) in [4.78, 5) is 42.5. The molecule has 2 heterocycles. The Hall–Kier alpha value is -3.73. The number of ether oxygens (including phenoxy) is 1. The van der Waals surface area contributed by atoms with Crippen molar-refractivity contribution in [3.63, 3.8) is 0 Å². The fourth-order valence-electron chi connectivity index (χ4n) is 3.50. The number of carbonyl (C=O) groups excluding carboxylic acids is 1. The first kappa shape index (κ1) is 26.5. The second-order valence-electron chi connectivity index (χ2n) is 7.69. The molecule has 0 saturated carbocycles. The summed E-state index contributed by atoms with van der Waals surface area (Å²) >= 11 is 0. The molecule has 0 bridgehead atoms. The van der Waals surface area contributed by atoms with Crippen LogP contribution in [0, 0.1) is 0 Å². The van der Waals surface area contributed by atoms with Crippen molar-refractivity contribution in [2.75, 3.05) is 50.1 Å². The lowest BCUT2D eigenvalue weighted by atomic mass is 10.1. The quantitative estimate of drug-likeness (QED) is 0.383. The van der Waals surface area contributed by atoms with E-state index in [0.29, 0.717) is 0 Å². The van der Waals surface area contributed by atoms with Crippen molar-refractivity contribution in [2.24, 2.45) is 0 Å². The van der Waals surface area contributed by atoms with Gasteiger partial charge in [-0.3, -0.25) is 9.69 Å². The van der Waals surface area contributed by atoms with Gasteiger partial charge in [0.1, 0.15) is 6.33 Å². The lowest BCUT2D eigenvalue weighted by molar-refractivity contribution is -0.159. The van der Waals surface area contributed by atoms with E-state index in [1.807, 2.05) is 12.1 Å². The molecule has 184 valence electrons. The summed E-state index contributed by atoms with van der Waals surface area (Å²) in [7, 11) is 1.66. The first-order valence-electron chi connectivity index (χ1n) is 10.9. The Bertz CT molecular complexity index is 933. The molecule has 0 spiro atoms. The summed E-state index contributed by atoms with van der Waals surface area (Å²) in [6.45, 7) is 6.64. The summed E-state index contributed by atoms with van der Waals surface area (Å²) in [5.41, 5.74) is 2.17. The van der Waals surface area contributed by atoms with Crippen LogP contribution in [0.25, 0.3) is 0 Å². The van der Waals surface area contributed by atoms with Crippen LogP contribution >= 0.6 is 0 Å². The van der Waals surface area contributed by atoms with Crippen LogP contribution in [0.3, 0.4) is 0 Å². The predicted molar refractivity (Wildman–Crippen MR) is 126 cm³/mol. The molecule has 0 aliphatic carbocycles. The number of anilines is 2. The first-order valence-corrected chi connectivity index (χ1v) is 10.9. The average molecular weight is 474 g/mol. The summed E-state index contributed by atoms with van der Waals surface area (Å²) < 4.78 is 5.37. The Morgan fingerprint density at radius 2 is 1.68 bits per heavy atom. The number of rotatable bonds is 8. The van der Waals surface area contributed by atoms with E-state index in [1.165, 1.54) is 25.3 Å². The fourth-order valence-corrected chi connectivity index (χ4v) is 3.50. The molecule has 1 aliphatic rings. The van der Waals surface area contributed by atoms with Crippen LogP contribution in [0.5, 0.6) is 5.75 Å². The van der Waals surface area contributed by atoms with Gasteiger partial charge in [0.25, 0.3) is 0 Å². The Kier molecular flexibility index (Phi) is 10.7. The zero-order valence-electron chi connectivity index (χ0n) is 19.4. The molecule has 3 rings (SSSR count). The average Bonchev–Trinajstić information content (AvgIpc) is 2.83. The minimum atomic E-state index is -1.82. The highest BCUT2D eigenvalue weighted by atomic mass is 16.5. The number of hydrogen-bond acceptors (Lipinski definition) is 8. The van der Waals surface area contributed by atoms with Gasteiger partial charge in [-0.1, -0.05) is 12.1 Å². The number of hydrogen-bond donors (Lipinski definition) is 3. The van der Waals surface area contributed by atoms with E-state index >= 15 is 0 Å². The molecule has 11 nitrogen and oxygen atoms in total. The number of nitrogens with one attached hydrogen (secondary N) is 1. The Labute approximate surface area is 198 Å². The molecule has 0 unspecified atom stereocenters. The summed E-state index contributed by atoms with van der Waals surface area (Å²) in [5.74, 6) is -2.06. The first-order chi connectivity index (χ1) is 16.3. The Morgan fingerprint density at radius 1 is 1.03 bits per heavy atom. The van der Waals surface area contributed by atoms with Crippen molar-refractivity contribution in [3.8, 4) is 5.75 Å². The Balaban J connectivity index is 0.000000604. The molecular weight excluding hydrogens is 442 g/mol. The largest absolute Gasteiger partial charge is 0.491 e. The van der Waals surface area contributed by atoms with Gasteiger partial charge in [0.15, 0.2) is 11.6 Å². The number of carboxylic acids is 2. The monoisotopic (exact) mass is 473 g/mol. The number of aromatic nitrogens is 2. The van der Waals surface area contributed by atoms with Crippen molar-refractivity contribution in [1.29, 1.82) is 0 Å². The lowest BCUT2D eigenvalue weighted by Crippen LogP contribution is -2.47. The van der Waals surface area contributed by atoms with Gasteiger partial charge in [-0.2, -0.15) is 0 Å². The van der Waals surface area contributed by atoms with Crippen molar-refractivity contribution >= 4 is 29.4 Å². The number of benzene rings is 1. The predicted octanol–water partition coefficient (Wildman–Crippen LogP) is 1.74. The number of aliphatic carboxylic acids is 2. The molecule has 2 aromatic rings. The normalized spacial score (nSPS) is 13.4. The molecule has 0 radical (unpaired) electrons. The fraction of sp³-hybridized carbons (Fsp3) is 0.435. The van der Waals surface area contributed by atoms with Crippen LogP contribution in [0.4, 0.5) is 11.5 Å². The number of carbonyl (C=O) groups is 3. The van der Waals surface area contributed by atoms with Gasteiger partial charge in [-0.05, 0) is 43.5 Å². The third-order valence-electron chi connectivity index (χ3n) is 5.20. The van der Waals surface area contributed by atoms with E-state index in [-0.39, 0.29) is 5.91 Å². The maximum absolute atomic E-state index is 11.1. The minimum Gasteiger partial charge on any atom is -0.491 e. The van der Waals surface area contributed by atoms with Crippen molar-refractivity contribution in [1.82, 2.24) is 14.9 Å². The Morgan fingerprint density at radius 3 is 2.24 bits per heavy atom. The zero-order chi connectivity index (χ0) is 24.9. The third-order valence-corrected chi connectivity index (χ3v) is 5.20. The summed E-state index contributed by atoms with van der Waals surface area (Å²) in [6.07, 6.45) is 6.71. The van der Waals surface area contributed by atoms with Gasteiger partial charge >= 0.3 is 11.9 Å². The second kappa shape index (κ2) is 13.7. The number of nitrogens with zero attached hydrogens (tertiary/aromatic N) is 4. The van der Waals surface area contributed by atoms with Gasteiger partial charge in [0.2, 0.25) is 5.91 Å². The number of carboxylic acid groups (broad SMARTS) is 2. The smallest absolute Gasteiger partial charge is 0.414 e. The van der Waals surface area contributed by atoms with Crippen molar-refractivity contribution < 1.29 is 29.3 Å². The van der Waals surface area contributed by atoms with Crippen LogP contribution in [-0.2, 0) is 20.8 Å². The molecule has 1 fully saturated rings. The zero-order valence-corrected chi connectivity index (χ0v) is 19.4. The molecule has 0 atom stereocenters. The highest BCUT2D eigenvalue weighted by Gasteiger charge is 2.20. The van der Waals surface area contributed by atoms with Crippen LogP contribution in [0.15, 0.2) is 36.8 Å². The summed E-state index contributed by atoms with van der Waals surface area (Å²) in [5, 5.41) is 17.6. The molecule has 11 heteroatoms. The molecular formula is C23H31N5O6. The van der Waals surface area contributed by atoms with Crippen LogP contribution in [-0.4, -0.2) is 82.8 Å². The van der Waals surface area contributed by atoms with Gasteiger partial charge in [-0.25, -0.2) is 19.6 Å². The highest BCUT2D eigenvalue weighted by molar-refractivity contribution is 6.27. The summed E-state index contributed by atoms with van der Waals surface area (Å²) in [6, 6.07) is 8.13. The van der Waals surface area contributed by atoms with E-state index in [0.717, 1.165) is 56.4 Å². The van der Waals surface area contributed by atoms with Gasteiger partial charge in [0, 0.05) is 38.8 Å². The highest BCUT2D eigenvalue weighted by Crippen LogP contribution is 2.24. The number of aryl methyl sites for hydroxylation is 1. The molecule has 34 heavy (non-hydrogen) atoms. The van der Waals surface area contributed by atoms with Gasteiger partial charge in [0.05, 0.1) is 13.3 Å². The molecule has 3 N–H and O–H groups in total. The topological polar surface area (TPSA) is 145 Å². The molecule has 1 amide bonds. The maximum atomic E-state index is 11.1. The number of amides is 1. The molecule has 1 aromatic carbocycles. The molecule has 1 aliphatic heterocycles. The van der Waals surface area contributed by atoms with Crippen molar-refractivity contribution in [2.45, 2.75) is 26.2 Å². The molecule has 1 aromatic heterocycles. The number of piperazine rings is 1. The van der Waals surface area contributed by atoms with Crippen LogP contribution in [0.1, 0.15) is 25.3 Å². The van der Waals surface area contributed by atoms with E-state index in [9.17, 15) is 4.79 Å². The molecule has 1 saturated heterocycles. The number of unbranched alkanes of at least 4 members (excludes halogenated alkanes) is 1. The van der Waals surface area contributed by atoms with E-state index in [4.69, 9.17) is 24.5 Å². The third kappa shape index (κ3) is 9.02. The van der Waals surface area contributed by atoms with Gasteiger partial charge in [-0.15, -0.1) is 0 Å². The minimum absolute atomic E-state index is 0.0361. The van der Waals surface area contributed by atoms with Crippen molar-refractivity contribution in [3.05, 3.63) is 42.4 Å². The van der Waals surface area contributed by atoms with E-state index < -0.39 is 11.9 Å². The number of methoxy groups -OCH3 is 1. The SMILES string of the molecule is COc1cncnc1N1CCN(CCCCc2ccc(NC(C)=O)cc2)CC1.O=C(O)C(=O)O. The van der Waals surface area contributed by atoms with E-state index in [1.54, 1.807) is 19.6 Å². The van der Waals surface area contributed by atoms with Gasteiger partial charge < -0.3 is 25.2 Å². The van der Waals surface area contributed by atoms with E-state index in [2.05, 4.69) is 37.2 Å². The lowest BCUT2D eigenvalue weighted by Gasteiger charge is -2.35. The van der Waals surface area contributed by atoms with Crippen LogP contribution < -0.4 is 15.0 Å². The van der Waals surface area contributed by atoms with Crippen LogP contribution in [0.2, 0.25) is 0 Å². The second-order valence-corrected chi connectivity index (χ2v) is 7.69.